The van der Waals surface area contributed by atoms with Crippen molar-refractivity contribution in [1.29, 1.82) is 0 Å². The Morgan fingerprint density at radius 2 is 1.68 bits per heavy atom. The van der Waals surface area contributed by atoms with Crippen LogP contribution >= 0.6 is 0 Å². The maximum Gasteiger partial charge on any atom is 0.0746 e. The first kappa shape index (κ1) is 11.8. The van der Waals surface area contributed by atoms with Gasteiger partial charge in [-0.2, -0.15) is 0 Å². The zero-order valence-electron chi connectivity index (χ0n) is 10.6. The maximum absolute atomic E-state index is 4.45. The van der Waals surface area contributed by atoms with Gasteiger partial charge in [0.2, 0.25) is 0 Å². The number of para-hydroxylation sites is 1. The Kier molecular flexibility index (Phi) is 3.47. The highest BCUT2D eigenvalue weighted by atomic mass is 14.9. The highest BCUT2D eigenvalue weighted by molar-refractivity contribution is 5.81. The Balaban J connectivity index is 1.72. The zero-order valence-corrected chi connectivity index (χ0v) is 10.6. The Morgan fingerprint density at radius 1 is 0.789 bits per heavy atom. The van der Waals surface area contributed by atoms with Crippen LogP contribution in [0.1, 0.15) is 11.3 Å². The molecule has 19 heavy (non-hydrogen) atoms. The Morgan fingerprint density at radius 3 is 2.58 bits per heavy atom. The molecule has 3 heteroatoms. The molecule has 2 aromatic heterocycles. The molecule has 1 aromatic carbocycles. The van der Waals surface area contributed by atoms with Crippen LogP contribution in [-0.4, -0.2) is 9.97 Å². The van der Waals surface area contributed by atoms with Crippen LogP contribution in [0.4, 0.5) is 0 Å². The van der Waals surface area contributed by atoms with E-state index < -0.39 is 0 Å². The van der Waals surface area contributed by atoms with Crippen molar-refractivity contribution >= 4 is 10.9 Å². The van der Waals surface area contributed by atoms with Crippen LogP contribution in [0.2, 0.25) is 0 Å². The first-order valence-corrected chi connectivity index (χ1v) is 6.37. The summed E-state index contributed by atoms with van der Waals surface area (Å²) >= 11 is 0. The number of aromatic nitrogens is 2. The van der Waals surface area contributed by atoms with E-state index in [0.717, 1.165) is 24.3 Å². The van der Waals surface area contributed by atoms with Crippen molar-refractivity contribution in [3.63, 3.8) is 0 Å². The molecular formula is C16H15N3. The predicted octanol–water partition coefficient (Wildman–Crippen LogP) is 2.92. The van der Waals surface area contributed by atoms with E-state index in [2.05, 4.69) is 39.6 Å². The molecule has 0 amide bonds. The molecule has 0 aliphatic rings. The van der Waals surface area contributed by atoms with Gasteiger partial charge in [0.05, 0.1) is 11.2 Å². The van der Waals surface area contributed by atoms with E-state index in [1.54, 1.807) is 0 Å². The summed E-state index contributed by atoms with van der Waals surface area (Å²) in [5.41, 5.74) is 3.34. The van der Waals surface area contributed by atoms with Gasteiger partial charge in [-0.25, -0.2) is 0 Å². The number of benzene rings is 1. The van der Waals surface area contributed by atoms with Gasteiger partial charge in [0, 0.05) is 30.9 Å². The summed E-state index contributed by atoms with van der Waals surface area (Å²) in [6, 6.07) is 16.3. The topological polar surface area (TPSA) is 37.8 Å². The van der Waals surface area contributed by atoms with E-state index in [4.69, 9.17) is 0 Å². The standard InChI is InChI=1S/C16H15N3/c1-2-9-18-15(8-1)12-17-11-14-6-3-5-13-7-4-10-19-16(13)14/h1-10,17H,11-12H2. The molecule has 3 aromatic rings. The van der Waals surface area contributed by atoms with E-state index in [-0.39, 0.29) is 0 Å². The van der Waals surface area contributed by atoms with Gasteiger partial charge < -0.3 is 5.32 Å². The first-order chi connectivity index (χ1) is 9.43. The lowest BCUT2D eigenvalue weighted by molar-refractivity contribution is 0.682. The summed E-state index contributed by atoms with van der Waals surface area (Å²) in [5, 5.41) is 4.59. The van der Waals surface area contributed by atoms with Gasteiger partial charge >= 0.3 is 0 Å². The van der Waals surface area contributed by atoms with E-state index in [1.807, 2.05) is 36.7 Å². The quantitative estimate of drug-likeness (QED) is 0.772. The van der Waals surface area contributed by atoms with Crippen LogP contribution in [0, 0.1) is 0 Å². The highest BCUT2D eigenvalue weighted by Gasteiger charge is 2.01. The predicted molar refractivity (Wildman–Crippen MR) is 76.5 cm³/mol. The van der Waals surface area contributed by atoms with Crippen molar-refractivity contribution in [3.05, 3.63) is 72.2 Å². The number of pyridine rings is 2. The lowest BCUT2D eigenvalue weighted by atomic mass is 10.1. The fourth-order valence-corrected chi connectivity index (χ4v) is 2.14. The monoisotopic (exact) mass is 249 g/mol. The van der Waals surface area contributed by atoms with Crippen molar-refractivity contribution in [1.82, 2.24) is 15.3 Å². The number of nitrogens with one attached hydrogen (secondary N) is 1. The molecule has 1 N–H and O–H groups in total. The van der Waals surface area contributed by atoms with Gasteiger partial charge in [0.15, 0.2) is 0 Å². The van der Waals surface area contributed by atoms with Crippen molar-refractivity contribution in [3.8, 4) is 0 Å². The van der Waals surface area contributed by atoms with Crippen LogP contribution < -0.4 is 5.32 Å². The minimum Gasteiger partial charge on any atom is -0.307 e. The third kappa shape index (κ3) is 2.77. The lowest BCUT2D eigenvalue weighted by Gasteiger charge is -2.07. The second kappa shape index (κ2) is 5.59. The summed E-state index contributed by atoms with van der Waals surface area (Å²) in [4.78, 5) is 8.75. The number of hydrogen-bond acceptors (Lipinski definition) is 3. The molecule has 0 radical (unpaired) electrons. The SMILES string of the molecule is c1ccc(CNCc2cccc3cccnc23)nc1. The van der Waals surface area contributed by atoms with E-state index >= 15 is 0 Å². The fourth-order valence-electron chi connectivity index (χ4n) is 2.14. The number of rotatable bonds is 4. The van der Waals surface area contributed by atoms with Crippen molar-refractivity contribution in [2.24, 2.45) is 0 Å². The Bertz CT molecular complexity index is 660. The zero-order chi connectivity index (χ0) is 12.9. The largest absolute Gasteiger partial charge is 0.307 e. The van der Waals surface area contributed by atoms with Gasteiger partial charge in [-0.1, -0.05) is 30.3 Å². The van der Waals surface area contributed by atoms with Crippen LogP contribution in [-0.2, 0) is 13.1 Å². The van der Waals surface area contributed by atoms with Gasteiger partial charge in [-0.15, -0.1) is 0 Å². The van der Waals surface area contributed by atoms with E-state index in [0.29, 0.717) is 0 Å². The normalized spacial score (nSPS) is 10.7. The summed E-state index contributed by atoms with van der Waals surface area (Å²) in [6.07, 6.45) is 3.65. The molecule has 3 nitrogen and oxygen atoms in total. The van der Waals surface area contributed by atoms with Crippen LogP contribution in [0.15, 0.2) is 60.9 Å². The molecule has 0 fully saturated rings. The summed E-state index contributed by atoms with van der Waals surface area (Å²) in [6.45, 7) is 1.56. The molecule has 0 saturated heterocycles. The molecule has 0 aliphatic carbocycles. The molecule has 3 rings (SSSR count). The van der Waals surface area contributed by atoms with Crippen LogP contribution in [0.5, 0.6) is 0 Å². The van der Waals surface area contributed by atoms with Crippen LogP contribution in [0.25, 0.3) is 10.9 Å². The van der Waals surface area contributed by atoms with Crippen molar-refractivity contribution < 1.29 is 0 Å². The third-order valence-corrected chi connectivity index (χ3v) is 3.06. The molecule has 0 aliphatic heterocycles. The van der Waals surface area contributed by atoms with Gasteiger partial charge in [0.1, 0.15) is 0 Å². The minimum atomic E-state index is 0.768. The molecule has 0 spiro atoms. The summed E-state index contributed by atoms with van der Waals surface area (Å²) in [5.74, 6) is 0. The molecule has 0 atom stereocenters. The second-order valence-electron chi connectivity index (χ2n) is 4.42. The molecule has 0 saturated carbocycles. The smallest absolute Gasteiger partial charge is 0.0746 e. The molecule has 0 unspecified atom stereocenters. The maximum atomic E-state index is 4.45. The molecule has 0 bridgehead atoms. The van der Waals surface area contributed by atoms with E-state index in [9.17, 15) is 0 Å². The Hall–Kier alpha value is -2.26. The first-order valence-electron chi connectivity index (χ1n) is 6.37. The number of fused-ring (bicyclic) bond motifs is 1. The van der Waals surface area contributed by atoms with Gasteiger partial charge in [0.25, 0.3) is 0 Å². The van der Waals surface area contributed by atoms with Crippen LogP contribution in [0.3, 0.4) is 0 Å². The number of hydrogen-bond donors (Lipinski definition) is 1. The van der Waals surface area contributed by atoms with Crippen molar-refractivity contribution in [2.75, 3.05) is 0 Å². The molecule has 94 valence electrons. The summed E-state index contributed by atoms with van der Waals surface area (Å²) in [7, 11) is 0. The Labute approximate surface area is 112 Å². The van der Waals surface area contributed by atoms with Gasteiger partial charge in [-0.3, -0.25) is 9.97 Å². The average Bonchev–Trinajstić information content (AvgIpc) is 2.49. The second-order valence-corrected chi connectivity index (χ2v) is 4.42. The third-order valence-electron chi connectivity index (χ3n) is 3.06. The molecule has 2 heterocycles. The lowest BCUT2D eigenvalue weighted by Crippen LogP contribution is -2.13. The average molecular weight is 249 g/mol. The molecular weight excluding hydrogens is 234 g/mol. The number of nitrogens with zero attached hydrogens (tertiary/aromatic N) is 2. The van der Waals surface area contributed by atoms with Crippen molar-refractivity contribution in [2.45, 2.75) is 13.1 Å². The highest BCUT2D eigenvalue weighted by Crippen LogP contribution is 2.15. The summed E-state index contributed by atoms with van der Waals surface area (Å²) < 4.78 is 0. The van der Waals surface area contributed by atoms with Gasteiger partial charge in [-0.05, 0) is 23.8 Å². The minimum absolute atomic E-state index is 0.768. The van der Waals surface area contributed by atoms with E-state index in [1.165, 1.54) is 10.9 Å². The fraction of sp³-hybridized carbons (Fsp3) is 0.125.